The second-order valence-electron chi connectivity index (χ2n) is 8.40. The summed E-state index contributed by atoms with van der Waals surface area (Å²) in [5.74, 6) is -1.58. The molecule has 1 N–H and O–H groups in total. The largest absolute Gasteiger partial charge is 0.354 e. The molecule has 10 heteroatoms. The Labute approximate surface area is 205 Å². The third-order valence-corrected chi connectivity index (χ3v) is 6.66. The van der Waals surface area contributed by atoms with Crippen LogP contribution in [0.25, 0.3) is 0 Å². The van der Waals surface area contributed by atoms with E-state index in [0.717, 1.165) is 12.3 Å². The van der Waals surface area contributed by atoms with Crippen LogP contribution in [0.2, 0.25) is 5.02 Å². The van der Waals surface area contributed by atoms with Crippen molar-refractivity contribution in [1.29, 1.82) is 0 Å². The van der Waals surface area contributed by atoms with Crippen molar-refractivity contribution in [3.8, 4) is 0 Å². The molecule has 0 aromatic heterocycles. The molecule has 0 unspecified atom stereocenters. The zero-order valence-corrected chi connectivity index (χ0v) is 21.4. The van der Waals surface area contributed by atoms with E-state index in [2.05, 4.69) is 5.32 Å². The van der Waals surface area contributed by atoms with Crippen molar-refractivity contribution in [2.45, 2.75) is 39.8 Å². The van der Waals surface area contributed by atoms with E-state index in [0.29, 0.717) is 27.9 Å². The number of nitrogens with zero attached hydrogens (tertiary/aromatic N) is 2. The van der Waals surface area contributed by atoms with Gasteiger partial charge in [0.25, 0.3) is 0 Å². The summed E-state index contributed by atoms with van der Waals surface area (Å²) in [5, 5.41) is 3.24. The first kappa shape index (κ1) is 27.6. The number of benzene rings is 2. The van der Waals surface area contributed by atoms with Crippen molar-refractivity contribution < 1.29 is 22.4 Å². The Morgan fingerprint density at radius 1 is 1.09 bits per heavy atom. The summed E-state index contributed by atoms with van der Waals surface area (Å²) >= 11 is 6.30. The van der Waals surface area contributed by atoms with Gasteiger partial charge in [-0.05, 0) is 36.1 Å². The third-order valence-electron chi connectivity index (χ3n) is 5.17. The van der Waals surface area contributed by atoms with Gasteiger partial charge in [0.15, 0.2) is 0 Å². The van der Waals surface area contributed by atoms with Gasteiger partial charge in [-0.2, -0.15) is 0 Å². The highest BCUT2D eigenvalue weighted by atomic mass is 35.5. The predicted molar refractivity (Wildman–Crippen MR) is 133 cm³/mol. The number of nitrogens with one attached hydrogen (secondary N) is 1. The number of halogens is 2. The minimum absolute atomic E-state index is 0.0129. The maximum absolute atomic E-state index is 14.4. The molecule has 0 saturated carbocycles. The summed E-state index contributed by atoms with van der Waals surface area (Å²) in [6.45, 7) is 5.41. The van der Waals surface area contributed by atoms with Gasteiger partial charge in [0, 0.05) is 18.1 Å². The molecule has 0 aliphatic heterocycles. The van der Waals surface area contributed by atoms with Crippen molar-refractivity contribution >= 4 is 39.1 Å². The molecule has 0 spiro atoms. The lowest BCUT2D eigenvalue weighted by Gasteiger charge is -2.33. The summed E-state index contributed by atoms with van der Waals surface area (Å²) in [7, 11) is -4.00. The van der Waals surface area contributed by atoms with Gasteiger partial charge in [0.05, 0.1) is 11.9 Å². The van der Waals surface area contributed by atoms with E-state index in [1.54, 1.807) is 31.2 Å². The fraction of sp³-hybridized carbons (Fsp3) is 0.417. The third kappa shape index (κ3) is 7.43. The molecule has 0 aliphatic carbocycles. The van der Waals surface area contributed by atoms with Crippen LogP contribution in [0.15, 0.2) is 48.5 Å². The van der Waals surface area contributed by atoms with Crippen molar-refractivity contribution in [1.82, 2.24) is 10.2 Å². The van der Waals surface area contributed by atoms with Crippen molar-refractivity contribution in [2.24, 2.45) is 5.92 Å². The van der Waals surface area contributed by atoms with E-state index < -0.39 is 34.3 Å². The summed E-state index contributed by atoms with van der Waals surface area (Å²) in [6.07, 6.45) is 1.19. The molecule has 0 radical (unpaired) electrons. The highest BCUT2D eigenvalue weighted by Gasteiger charge is 2.32. The molecule has 0 saturated heterocycles. The lowest BCUT2D eigenvalue weighted by molar-refractivity contribution is -0.140. The Morgan fingerprint density at radius 3 is 2.26 bits per heavy atom. The van der Waals surface area contributed by atoms with Gasteiger partial charge in [0.2, 0.25) is 21.8 Å². The molecule has 2 amide bonds. The highest BCUT2D eigenvalue weighted by Crippen LogP contribution is 2.24. The lowest BCUT2D eigenvalue weighted by atomic mass is 10.1. The van der Waals surface area contributed by atoms with Gasteiger partial charge >= 0.3 is 0 Å². The zero-order valence-electron chi connectivity index (χ0n) is 19.8. The van der Waals surface area contributed by atoms with Gasteiger partial charge in [-0.25, -0.2) is 12.8 Å². The quantitative estimate of drug-likeness (QED) is 0.497. The Hall–Kier alpha value is -2.65. The fourth-order valence-electron chi connectivity index (χ4n) is 3.40. The second kappa shape index (κ2) is 12.2. The maximum atomic E-state index is 14.4. The van der Waals surface area contributed by atoms with Gasteiger partial charge in [0.1, 0.15) is 18.4 Å². The molecule has 2 aromatic carbocycles. The molecule has 0 bridgehead atoms. The first-order chi connectivity index (χ1) is 16.0. The molecule has 186 valence electrons. The van der Waals surface area contributed by atoms with Gasteiger partial charge in [-0.3, -0.25) is 13.9 Å². The van der Waals surface area contributed by atoms with Crippen LogP contribution in [0.4, 0.5) is 10.1 Å². The van der Waals surface area contributed by atoms with Crippen molar-refractivity contribution in [2.75, 3.05) is 23.7 Å². The van der Waals surface area contributed by atoms with Crippen LogP contribution in [0.1, 0.15) is 32.8 Å². The van der Waals surface area contributed by atoms with E-state index >= 15 is 0 Å². The van der Waals surface area contributed by atoms with Gasteiger partial charge in [-0.15, -0.1) is 0 Å². The average Bonchev–Trinajstić information content (AvgIpc) is 2.76. The first-order valence-corrected chi connectivity index (χ1v) is 13.2. The fourth-order valence-corrected chi connectivity index (χ4v) is 4.45. The molecule has 0 fully saturated rings. The molecule has 34 heavy (non-hydrogen) atoms. The Kier molecular flexibility index (Phi) is 9.88. The van der Waals surface area contributed by atoms with Crippen LogP contribution < -0.4 is 9.62 Å². The van der Waals surface area contributed by atoms with Crippen LogP contribution in [0, 0.1) is 11.7 Å². The average molecular weight is 512 g/mol. The topological polar surface area (TPSA) is 86.8 Å². The van der Waals surface area contributed by atoms with Crippen LogP contribution in [0.3, 0.4) is 0 Å². The Balaban J connectivity index is 2.45. The first-order valence-electron chi connectivity index (χ1n) is 11.0. The van der Waals surface area contributed by atoms with Crippen LogP contribution >= 0.6 is 11.6 Å². The normalized spacial score (nSPS) is 12.3. The summed E-state index contributed by atoms with van der Waals surface area (Å²) in [4.78, 5) is 27.8. The molecular weight excluding hydrogens is 481 g/mol. The Morgan fingerprint density at radius 2 is 1.71 bits per heavy atom. The van der Waals surface area contributed by atoms with E-state index in [1.165, 1.54) is 23.1 Å². The minimum Gasteiger partial charge on any atom is -0.354 e. The standard InChI is InChI=1S/C24H31ClFN3O4S/c1-5-21(24(31)27-14-17(2)3)28(15-18-10-6-7-11-19(18)25)23(30)16-29(34(4,32)33)22-13-9-8-12-20(22)26/h6-13,17,21H,5,14-16H2,1-4H3,(H,27,31)/t21-/m1/s1. The van der Waals surface area contributed by atoms with E-state index in [9.17, 15) is 22.4 Å². The van der Waals surface area contributed by atoms with Crippen LogP contribution in [0.5, 0.6) is 0 Å². The van der Waals surface area contributed by atoms with Crippen LogP contribution in [-0.4, -0.2) is 50.5 Å². The summed E-state index contributed by atoms with van der Waals surface area (Å²) < 4.78 is 40.1. The molecule has 2 aromatic rings. The number of carbonyl (C=O) groups excluding carboxylic acids is 2. The number of carbonyl (C=O) groups is 2. The number of hydrogen-bond acceptors (Lipinski definition) is 4. The van der Waals surface area contributed by atoms with Gasteiger partial charge in [-0.1, -0.05) is 62.7 Å². The zero-order chi connectivity index (χ0) is 25.5. The minimum atomic E-state index is -4.00. The maximum Gasteiger partial charge on any atom is 0.244 e. The number of anilines is 1. The summed E-state index contributed by atoms with van der Waals surface area (Å²) in [5.41, 5.74) is 0.359. The Bertz CT molecular complexity index is 1110. The molecule has 2 rings (SSSR count). The lowest BCUT2D eigenvalue weighted by Crippen LogP contribution is -2.52. The predicted octanol–water partition coefficient (Wildman–Crippen LogP) is 3.82. The monoisotopic (exact) mass is 511 g/mol. The second-order valence-corrected chi connectivity index (χ2v) is 10.7. The van der Waals surface area contributed by atoms with Crippen molar-refractivity contribution in [3.63, 3.8) is 0 Å². The number of para-hydroxylation sites is 1. The number of amides is 2. The molecule has 0 aliphatic rings. The van der Waals surface area contributed by atoms with Crippen LogP contribution in [-0.2, 0) is 26.2 Å². The number of rotatable bonds is 11. The van der Waals surface area contributed by atoms with Crippen molar-refractivity contribution in [3.05, 3.63) is 64.9 Å². The van der Waals surface area contributed by atoms with E-state index in [-0.39, 0.29) is 24.1 Å². The number of hydrogen-bond donors (Lipinski definition) is 1. The van der Waals surface area contributed by atoms with E-state index in [4.69, 9.17) is 11.6 Å². The highest BCUT2D eigenvalue weighted by molar-refractivity contribution is 7.92. The van der Waals surface area contributed by atoms with Gasteiger partial charge < -0.3 is 10.2 Å². The molecule has 0 heterocycles. The molecule has 7 nitrogen and oxygen atoms in total. The molecule has 1 atom stereocenters. The SMILES string of the molecule is CC[C@H](C(=O)NCC(C)C)N(Cc1ccccc1Cl)C(=O)CN(c1ccccc1F)S(C)(=O)=O. The number of sulfonamides is 1. The summed E-state index contributed by atoms with van der Waals surface area (Å²) in [6, 6.07) is 11.3. The smallest absolute Gasteiger partial charge is 0.244 e. The molecular formula is C24H31ClFN3O4S. The van der Waals surface area contributed by atoms with E-state index in [1.807, 2.05) is 13.8 Å².